The maximum absolute atomic E-state index is 13.1. The van der Waals surface area contributed by atoms with Gasteiger partial charge in [0.25, 0.3) is 10.0 Å². The molecule has 2 aromatic rings. The predicted octanol–water partition coefficient (Wildman–Crippen LogP) is 4.21. The van der Waals surface area contributed by atoms with Crippen molar-refractivity contribution >= 4 is 21.6 Å². The molecule has 1 atom stereocenters. The molecule has 0 saturated heterocycles. The molecule has 29 heavy (non-hydrogen) atoms. The lowest BCUT2D eigenvalue weighted by Crippen LogP contribution is -2.43. The summed E-state index contributed by atoms with van der Waals surface area (Å²) < 4.78 is 66.3. The molecule has 1 N–H and O–H groups in total. The molecule has 2 aromatic carbocycles. The summed E-state index contributed by atoms with van der Waals surface area (Å²) in [5.74, 6) is -0.595. The fraction of sp³-hybridized carbons (Fsp3) is 0.350. The molecule has 0 bridgehead atoms. The van der Waals surface area contributed by atoms with Gasteiger partial charge in [-0.2, -0.15) is 13.2 Å². The number of amides is 1. The van der Waals surface area contributed by atoms with Crippen LogP contribution >= 0.6 is 0 Å². The zero-order valence-corrected chi connectivity index (χ0v) is 16.9. The highest BCUT2D eigenvalue weighted by molar-refractivity contribution is 7.92. The van der Waals surface area contributed by atoms with Crippen LogP contribution in [-0.4, -0.2) is 26.9 Å². The quantitative estimate of drug-likeness (QED) is 0.685. The van der Waals surface area contributed by atoms with Crippen LogP contribution in [-0.2, 0) is 21.0 Å². The van der Waals surface area contributed by atoms with Crippen molar-refractivity contribution in [3.8, 4) is 0 Å². The second-order valence-electron chi connectivity index (χ2n) is 6.63. The molecule has 158 valence electrons. The lowest BCUT2D eigenvalue weighted by Gasteiger charge is -2.25. The summed E-state index contributed by atoms with van der Waals surface area (Å²) in [4.78, 5) is 12.3. The van der Waals surface area contributed by atoms with Crippen LogP contribution in [0.3, 0.4) is 0 Å². The van der Waals surface area contributed by atoms with E-state index in [0.717, 1.165) is 24.6 Å². The Bertz CT molecular complexity index is 931. The Morgan fingerprint density at radius 3 is 2.34 bits per heavy atom. The molecule has 0 fully saturated rings. The average Bonchev–Trinajstić information content (AvgIpc) is 2.66. The van der Waals surface area contributed by atoms with E-state index in [-0.39, 0.29) is 16.6 Å². The first kappa shape index (κ1) is 22.7. The van der Waals surface area contributed by atoms with Crippen molar-refractivity contribution in [2.75, 3.05) is 10.8 Å². The van der Waals surface area contributed by atoms with Crippen molar-refractivity contribution in [3.05, 3.63) is 60.2 Å². The molecule has 5 nitrogen and oxygen atoms in total. The van der Waals surface area contributed by atoms with E-state index in [9.17, 15) is 26.4 Å². The fourth-order valence-corrected chi connectivity index (χ4v) is 4.26. The summed E-state index contributed by atoms with van der Waals surface area (Å²) in [6.45, 7) is 3.09. The average molecular weight is 428 g/mol. The summed E-state index contributed by atoms with van der Waals surface area (Å²) in [6.07, 6.45) is -3.13. The number of alkyl halides is 3. The molecule has 0 aromatic heterocycles. The van der Waals surface area contributed by atoms with E-state index < -0.39 is 34.2 Å². The Morgan fingerprint density at radius 2 is 1.76 bits per heavy atom. The van der Waals surface area contributed by atoms with Gasteiger partial charge in [0, 0.05) is 6.04 Å². The number of carbonyl (C=O) groups is 1. The fourth-order valence-electron chi connectivity index (χ4n) is 2.83. The molecule has 2 rings (SSSR count). The molecular weight excluding hydrogens is 405 g/mol. The third-order valence-electron chi connectivity index (χ3n) is 4.21. The number of hydrogen-bond acceptors (Lipinski definition) is 3. The molecule has 0 aliphatic carbocycles. The molecule has 0 unspecified atom stereocenters. The molecule has 0 spiro atoms. The van der Waals surface area contributed by atoms with Crippen LogP contribution in [0.4, 0.5) is 18.9 Å². The van der Waals surface area contributed by atoms with Crippen molar-refractivity contribution in [2.45, 2.75) is 43.8 Å². The van der Waals surface area contributed by atoms with Crippen molar-refractivity contribution in [2.24, 2.45) is 0 Å². The SMILES string of the molecule is CCC[C@@H](C)NC(=O)CN(c1cccc(C(F)(F)F)c1)S(=O)(=O)c1ccccc1. The third-order valence-corrected chi connectivity index (χ3v) is 6.00. The number of carbonyl (C=O) groups excluding carboxylic acids is 1. The van der Waals surface area contributed by atoms with Gasteiger partial charge in [-0.25, -0.2) is 8.42 Å². The van der Waals surface area contributed by atoms with Crippen molar-refractivity contribution < 1.29 is 26.4 Å². The van der Waals surface area contributed by atoms with E-state index in [4.69, 9.17) is 0 Å². The van der Waals surface area contributed by atoms with Crippen LogP contribution in [0.1, 0.15) is 32.3 Å². The molecule has 9 heteroatoms. The Labute approximate surface area is 168 Å². The first-order valence-electron chi connectivity index (χ1n) is 9.10. The molecule has 0 saturated carbocycles. The van der Waals surface area contributed by atoms with E-state index in [0.29, 0.717) is 10.7 Å². The second kappa shape index (κ2) is 9.30. The zero-order chi connectivity index (χ0) is 21.7. The van der Waals surface area contributed by atoms with Crippen LogP contribution in [0.5, 0.6) is 0 Å². The highest BCUT2D eigenvalue weighted by atomic mass is 32.2. The Balaban J connectivity index is 2.45. The summed E-state index contributed by atoms with van der Waals surface area (Å²) in [6, 6.07) is 11.0. The van der Waals surface area contributed by atoms with Crippen LogP contribution in [0, 0.1) is 0 Å². The molecular formula is C20H23F3N2O3S. The highest BCUT2D eigenvalue weighted by Gasteiger charge is 2.33. The normalized spacial score (nSPS) is 13.0. The van der Waals surface area contributed by atoms with Gasteiger partial charge in [-0.05, 0) is 43.7 Å². The van der Waals surface area contributed by atoms with E-state index >= 15 is 0 Å². The minimum Gasteiger partial charge on any atom is -0.352 e. The van der Waals surface area contributed by atoms with Gasteiger partial charge in [-0.3, -0.25) is 9.10 Å². The zero-order valence-electron chi connectivity index (χ0n) is 16.1. The van der Waals surface area contributed by atoms with Crippen molar-refractivity contribution in [1.29, 1.82) is 0 Å². The first-order chi connectivity index (χ1) is 13.6. The number of hydrogen-bond donors (Lipinski definition) is 1. The van der Waals surface area contributed by atoms with E-state index in [1.807, 2.05) is 6.92 Å². The van der Waals surface area contributed by atoms with Gasteiger partial charge < -0.3 is 5.32 Å². The smallest absolute Gasteiger partial charge is 0.352 e. The maximum atomic E-state index is 13.1. The van der Waals surface area contributed by atoms with Gasteiger partial charge in [-0.15, -0.1) is 0 Å². The number of rotatable bonds is 8. The molecule has 0 aliphatic heterocycles. The van der Waals surface area contributed by atoms with Gasteiger partial charge in [0.2, 0.25) is 5.91 Å². The summed E-state index contributed by atoms with van der Waals surface area (Å²) >= 11 is 0. The molecule has 0 radical (unpaired) electrons. The predicted molar refractivity (Wildman–Crippen MR) is 105 cm³/mol. The van der Waals surface area contributed by atoms with Crippen LogP contribution in [0.2, 0.25) is 0 Å². The van der Waals surface area contributed by atoms with Crippen LogP contribution in [0.25, 0.3) is 0 Å². The summed E-state index contributed by atoms with van der Waals surface area (Å²) in [7, 11) is -4.25. The van der Waals surface area contributed by atoms with E-state index in [1.54, 1.807) is 13.0 Å². The van der Waals surface area contributed by atoms with Gasteiger partial charge in [0.15, 0.2) is 0 Å². The summed E-state index contributed by atoms with van der Waals surface area (Å²) in [5, 5.41) is 2.68. The molecule has 0 aliphatic rings. The number of nitrogens with zero attached hydrogens (tertiary/aromatic N) is 1. The molecule has 0 heterocycles. The number of nitrogens with one attached hydrogen (secondary N) is 1. The van der Waals surface area contributed by atoms with Gasteiger partial charge in [0.1, 0.15) is 6.54 Å². The third kappa shape index (κ3) is 5.96. The number of anilines is 1. The van der Waals surface area contributed by atoms with Crippen molar-refractivity contribution in [1.82, 2.24) is 5.32 Å². The Morgan fingerprint density at radius 1 is 1.10 bits per heavy atom. The standard InChI is InChI=1S/C20H23F3N2O3S/c1-3-8-15(2)24-19(26)14-25(29(27,28)18-11-5-4-6-12-18)17-10-7-9-16(13-17)20(21,22)23/h4-7,9-13,15H,3,8,14H2,1-2H3,(H,24,26)/t15-/m1/s1. The van der Waals surface area contributed by atoms with Crippen molar-refractivity contribution in [3.63, 3.8) is 0 Å². The van der Waals surface area contributed by atoms with E-state index in [2.05, 4.69) is 5.32 Å². The number of sulfonamides is 1. The van der Waals surface area contributed by atoms with Gasteiger partial charge >= 0.3 is 6.18 Å². The first-order valence-corrected chi connectivity index (χ1v) is 10.5. The van der Waals surface area contributed by atoms with Gasteiger partial charge in [-0.1, -0.05) is 37.6 Å². The summed E-state index contributed by atoms with van der Waals surface area (Å²) in [5.41, 5.74) is -1.23. The van der Waals surface area contributed by atoms with Crippen LogP contribution < -0.4 is 9.62 Å². The Kier molecular flexibility index (Phi) is 7.29. The van der Waals surface area contributed by atoms with Gasteiger partial charge in [0.05, 0.1) is 16.1 Å². The van der Waals surface area contributed by atoms with E-state index in [1.165, 1.54) is 30.3 Å². The second-order valence-corrected chi connectivity index (χ2v) is 8.49. The maximum Gasteiger partial charge on any atom is 0.416 e. The highest BCUT2D eigenvalue weighted by Crippen LogP contribution is 2.33. The lowest BCUT2D eigenvalue weighted by molar-refractivity contribution is -0.137. The minimum absolute atomic E-state index is 0.119. The van der Waals surface area contributed by atoms with Crippen LogP contribution in [0.15, 0.2) is 59.5 Å². The largest absolute Gasteiger partial charge is 0.416 e. The minimum atomic E-state index is -4.64. The number of halogens is 3. The Hall–Kier alpha value is -2.55. The monoisotopic (exact) mass is 428 g/mol. The number of benzene rings is 2. The topological polar surface area (TPSA) is 66.5 Å². The molecule has 1 amide bonds. The lowest BCUT2D eigenvalue weighted by atomic mass is 10.2.